The van der Waals surface area contributed by atoms with Crippen LogP contribution in [0.5, 0.6) is 0 Å². The van der Waals surface area contributed by atoms with Crippen LogP contribution in [0.15, 0.2) is 17.5 Å². The molecule has 6 heteroatoms. The van der Waals surface area contributed by atoms with Gasteiger partial charge in [-0.15, -0.1) is 16.4 Å². The van der Waals surface area contributed by atoms with Crippen LogP contribution in [0.1, 0.15) is 23.5 Å². The van der Waals surface area contributed by atoms with Crippen molar-refractivity contribution in [3.8, 4) is 6.07 Å². The minimum atomic E-state index is 0.540. The Bertz CT molecular complexity index is 468. The zero-order valence-electron chi connectivity index (χ0n) is 8.70. The van der Waals surface area contributed by atoms with Crippen molar-refractivity contribution in [1.82, 2.24) is 20.2 Å². The lowest BCUT2D eigenvalue weighted by molar-refractivity contribution is 0.547. The van der Waals surface area contributed by atoms with Gasteiger partial charge < -0.3 is 0 Å². The molecule has 0 aromatic carbocycles. The van der Waals surface area contributed by atoms with E-state index in [1.54, 1.807) is 16.0 Å². The monoisotopic (exact) mass is 233 g/mol. The lowest BCUT2D eigenvalue weighted by Crippen LogP contribution is -2.06. The summed E-state index contributed by atoms with van der Waals surface area (Å²) in [6.45, 7) is 0.710. The first-order valence-corrected chi connectivity index (χ1v) is 5.92. The molecule has 2 aromatic rings. The molecule has 0 aliphatic carbocycles. The molecule has 0 saturated carbocycles. The molecule has 0 fully saturated rings. The van der Waals surface area contributed by atoms with Crippen LogP contribution in [-0.2, 0) is 13.0 Å². The van der Waals surface area contributed by atoms with Crippen molar-refractivity contribution in [3.05, 3.63) is 28.2 Å². The average Bonchev–Trinajstić information content (AvgIpc) is 2.92. The molecule has 2 heterocycles. The minimum absolute atomic E-state index is 0.540. The van der Waals surface area contributed by atoms with E-state index in [1.807, 2.05) is 11.4 Å². The Morgan fingerprint density at radius 3 is 3.19 bits per heavy atom. The van der Waals surface area contributed by atoms with Crippen molar-refractivity contribution in [2.45, 2.75) is 25.8 Å². The number of aromatic nitrogens is 4. The largest absolute Gasteiger partial charge is 0.229 e. The number of nitriles is 1. The van der Waals surface area contributed by atoms with Gasteiger partial charge in [0.25, 0.3) is 0 Å². The molecular formula is C10H11N5S. The highest BCUT2D eigenvalue weighted by atomic mass is 32.1. The Morgan fingerprint density at radius 2 is 2.44 bits per heavy atom. The van der Waals surface area contributed by atoms with E-state index in [0.29, 0.717) is 13.0 Å². The third-order valence-electron chi connectivity index (χ3n) is 2.18. The molecule has 2 rings (SSSR count). The van der Waals surface area contributed by atoms with Gasteiger partial charge in [0, 0.05) is 24.3 Å². The van der Waals surface area contributed by atoms with Crippen molar-refractivity contribution in [3.63, 3.8) is 0 Å². The van der Waals surface area contributed by atoms with Gasteiger partial charge in [-0.3, -0.25) is 0 Å². The highest BCUT2D eigenvalue weighted by Gasteiger charge is 2.07. The first-order valence-electron chi connectivity index (χ1n) is 5.04. The maximum absolute atomic E-state index is 8.46. The molecule has 0 aliphatic rings. The molecule has 0 N–H and O–H groups in total. The van der Waals surface area contributed by atoms with Gasteiger partial charge in [0.05, 0.1) is 6.07 Å². The second-order valence-corrected chi connectivity index (χ2v) is 4.37. The van der Waals surface area contributed by atoms with Crippen molar-refractivity contribution >= 4 is 11.3 Å². The summed E-state index contributed by atoms with van der Waals surface area (Å²) >= 11 is 1.70. The highest BCUT2D eigenvalue weighted by molar-refractivity contribution is 7.09. The SMILES string of the molecule is N#CCCCn1nnnc1Cc1cccs1. The van der Waals surface area contributed by atoms with Crippen molar-refractivity contribution < 1.29 is 0 Å². The van der Waals surface area contributed by atoms with E-state index in [-0.39, 0.29) is 0 Å². The predicted octanol–water partition coefficient (Wildman–Crippen LogP) is 1.63. The van der Waals surface area contributed by atoms with E-state index in [0.717, 1.165) is 18.7 Å². The summed E-state index contributed by atoms with van der Waals surface area (Å²) < 4.78 is 1.77. The van der Waals surface area contributed by atoms with Gasteiger partial charge in [-0.2, -0.15) is 5.26 Å². The summed E-state index contributed by atoms with van der Waals surface area (Å²) in [5, 5.41) is 22.1. The van der Waals surface area contributed by atoms with Crippen molar-refractivity contribution in [2.75, 3.05) is 0 Å². The fraction of sp³-hybridized carbons (Fsp3) is 0.400. The van der Waals surface area contributed by atoms with E-state index < -0.39 is 0 Å². The summed E-state index contributed by atoms with van der Waals surface area (Å²) in [7, 11) is 0. The van der Waals surface area contributed by atoms with Gasteiger partial charge in [0.2, 0.25) is 0 Å². The van der Waals surface area contributed by atoms with Crippen LogP contribution < -0.4 is 0 Å². The molecule has 0 aliphatic heterocycles. The molecule has 2 aromatic heterocycles. The summed E-state index contributed by atoms with van der Waals surface area (Å²) in [6.07, 6.45) is 2.09. The van der Waals surface area contributed by atoms with Crippen LogP contribution in [0.3, 0.4) is 0 Å². The Morgan fingerprint density at radius 1 is 1.50 bits per heavy atom. The van der Waals surface area contributed by atoms with Gasteiger partial charge in [-0.05, 0) is 28.3 Å². The lowest BCUT2D eigenvalue weighted by Gasteiger charge is -2.01. The zero-order valence-corrected chi connectivity index (χ0v) is 9.52. The minimum Gasteiger partial charge on any atom is -0.229 e. The number of unbranched alkanes of at least 4 members (excludes halogenated alkanes) is 1. The fourth-order valence-electron chi connectivity index (χ4n) is 1.40. The summed E-state index contributed by atoms with van der Waals surface area (Å²) in [5.41, 5.74) is 0. The maximum Gasteiger partial charge on any atom is 0.156 e. The second kappa shape index (κ2) is 5.37. The highest BCUT2D eigenvalue weighted by Crippen LogP contribution is 2.12. The van der Waals surface area contributed by atoms with Crippen molar-refractivity contribution in [1.29, 1.82) is 5.26 Å². The van der Waals surface area contributed by atoms with E-state index in [2.05, 4.69) is 27.7 Å². The van der Waals surface area contributed by atoms with Crippen molar-refractivity contribution in [2.24, 2.45) is 0 Å². The van der Waals surface area contributed by atoms with E-state index in [4.69, 9.17) is 5.26 Å². The Labute approximate surface area is 97.3 Å². The van der Waals surface area contributed by atoms with Gasteiger partial charge in [-0.25, -0.2) is 4.68 Å². The quantitative estimate of drug-likeness (QED) is 0.736. The number of hydrogen-bond acceptors (Lipinski definition) is 5. The standard InChI is InChI=1S/C10H11N5S/c11-5-1-2-6-15-10(12-13-14-15)8-9-4-3-7-16-9/h3-4,7H,1-2,6,8H2. The molecule has 5 nitrogen and oxygen atoms in total. The molecule has 0 spiro atoms. The van der Waals surface area contributed by atoms with E-state index in [1.165, 1.54) is 4.88 Å². The number of tetrazole rings is 1. The predicted molar refractivity (Wildman–Crippen MR) is 59.8 cm³/mol. The topological polar surface area (TPSA) is 67.4 Å². The van der Waals surface area contributed by atoms with Gasteiger partial charge in [-0.1, -0.05) is 6.07 Å². The molecule has 16 heavy (non-hydrogen) atoms. The fourth-order valence-corrected chi connectivity index (χ4v) is 2.10. The first-order chi connectivity index (χ1) is 7.90. The summed E-state index contributed by atoms with van der Waals surface area (Å²) in [5.74, 6) is 0.861. The third-order valence-corrected chi connectivity index (χ3v) is 3.05. The normalized spacial score (nSPS) is 10.2. The van der Waals surface area contributed by atoms with Crippen LogP contribution in [0.4, 0.5) is 0 Å². The number of nitrogens with zero attached hydrogens (tertiary/aromatic N) is 5. The molecule has 0 bridgehead atoms. The molecule has 0 atom stereocenters. The zero-order chi connectivity index (χ0) is 11.2. The molecule has 0 saturated heterocycles. The molecular weight excluding hydrogens is 222 g/mol. The van der Waals surface area contributed by atoms with Crippen LogP contribution >= 0.6 is 11.3 Å². The van der Waals surface area contributed by atoms with Crippen LogP contribution in [0, 0.1) is 11.3 Å². The van der Waals surface area contributed by atoms with Gasteiger partial charge in [0.1, 0.15) is 0 Å². The third kappa shape index (κ3) is 2.64. The number of aryl methyl sites for hydroxylation is 1. The maximum atomic E-state index is 8.46. The van der Waals surface area contributed by atoms with Crippen LogP contribution in [0.25, 0.3) is 0 Å². The molecule has 0 amide bonds. The summed E-state index contributed by atoms with van der Waals surface area (Å²) in [4.78, 5) is 1.25. The number of rotatable bonds is 5. The number of hydrogen-bond donors (Lipinski definition) is 0. The Balaban J connectivity index is 1.99. The Kier molecular flexibility index (Phi) is 3.62. The summed E-state index contributed by atoms with van der Waals surface area (Å²) in [6, 6.07) is 6.20. The van der Waals surface area contributed by atoms with Crippen LogP contribution in [0.2, 0.25) is 0 Å². The van der Waals surface area contributed by atoms with Gasteiger partial charge >= 0.3 is 0 Å². The van der Waals surface area contributed by atoms with Gasteiger partial charge in [0.15, 0.2) is 5.82 Å². The van der Waals surface area contributed by atoms with E-state index >= 15 is 0 Å². The molecule has 0 unspecified atom stereocenters. The van der Waals surface area contributed by atoms with Crippen LogP contribution in [-0.4, -0.2) is 20.2 Å². The second-order valence-electron chi connectivity index (χ2n) is 3.34. The lowest BCUT2D eigenvalue weighted by atomic mass is 10.3. The Hall–Kier alpha value is -1.74. The smallest absolute Gasteiger partial charge is 0.156 e. The first kappa shape index (κ1) is 10.8. The van der Waals surface area contributed by atoms with E-state index in [9.17, 15) is 0 Å². The molecule has 82 valence electrons. The molecule has 0 radical (unpaired) electrons. The average molecular weight is 233 g/mol. The number of thiophene rings is 1.